The molecule has 0 amide bonds. The van der Waals surface area contributed by atoms with Crippen LogP contribution in [-0.2, 0) is 6.67 Å². The second kappa shape index (κ2) is 3.79. The van der Waals surface area contributed by atoms with Crippen LogP contribution in [0, 0.1) is 5.82 Å². The fraction of sp³-hybridized carbons (Fsp3) is 0.0625. The zero-order valence-corrected chi connectivity index (χ0v) is 10.3. The topological polar surface area (TPSA) is 7.94 Å². The number of halogens is 1. The highest BCUT2D eigenvalue weighted by atomic mass is 19.1. The third kappa shape index (κ3) is 1.58. The van der Waals surface area contributed by atoms with Crippen LogP contribution >= 0.6 is 0 Å². The molecule has 1 aliphatic heterocycles. The van der Waals surface area contributed by atoms with Gasteiger partial charge in [-0.05, 0) is 18.2 Å². The van der Waals surface area contributed by atoms with Crippen LogP contribution in [-0.4, -0.2) is 15.4 Å². The number of para-hydroxylation sites is 1. The Labute approximate surface area is 110 Å². The third-order valence-electron chi connectivity index (χ3n) is 3.54. The van der Waals surface area contributed by atoms with E-state index in [-0.39, 0.29) is 5.82 Å². The smallest absolute Gasteiger partial charge is 0.228 e. The summed E-state index contributed by atoms with van der Waals surface area (Å²) < 4.78 is 17.9. The molecule has 3 aromatic rings. The summed E-state index contributed by atoms with van der Waals surface area (Å²) in [5.74, 6) is -0.189. The van der Waals surface area contributed by atoms with Crippen molar-refractivity contribution in [3.05, 3.63) is 66.1 Å². The van der Waals surface area contributed by atoms with E-state index in [2.05, 4.69) is 21.3 Å². The summed E-state index contributed by atoms with van der Waals surface area (Å²) >= 11 is 0. The summed E-state index contributed by atoms with van der Waals surface area (Å²) in [6.45, 7) is 0.756. The molecule has 4 rings (SSSR count). The van der Waals surface area contributed by atoms with Crippen molar-refractivity contribution in [1.29, 1.82) is 0 Å². The predicted molar refractivity (Wildman–Crippen MR) is 73.4 cm³/mol. The van der Waals surface area contributed by atoms with Crippen molar-refractivity contribution >= 4 is 22.8 Å². The Bertz CT molecular complexity index is 800. The lowest BCUT2D eigenvalue weighted by Crippen LogP contribution is -2.18. The fourth-order valence-electron chi connectivity index (χ4n) is 2.71. The number of aromatic nitrogens is 1. The maximum absolute atomic E-state index is 13.6. The highest BCUT2D eigenvalue weighted by Crippen LogP contribution is 2.25. The zero-order chi connectivity index (χ0) is 12.8. The van der Waals surface area contributed by atoms with Crippen LogP contribution in [0.2, 0.25) is 0 Å². The molecule has 2 aromatic carbocycles. The molecule has 3 heteroatoms. The van der Waals surface area contributed by atoms with Crippen LogP contribution in [0.3, 0.4) is 0 Å². The first kappa shape index (κ1) is 10.5. The average Bonchev–Trinajstić information content (AvgIpc) is 2.83. The van der Waals surface area contributed by atoms with Crippen molar-refractivity contribution in [2.24, 2.45) is 0 Å². The Balaban J connectivity index is 1.96. The normalized spacial score (nSPS) is 13.6. The maximum Gasteiger partial charge on any atom is 0.228 e. The molecular formula is C16H12FN2+. The van der Waals surface area contributed by atoms with Crippen molar-refractivity contribution in [1.82, 2.24) is 4.57 Å². The van der Waals surface area contributed by atoms with Crippen LogP contribution in [0.5, 0.6) is 0 Å². The van der Waals surface area contributed by atoms with E-state index >= 15 is 0 Å². The van der Waals surface area contributed by atoms with Crippen molar-refractivity contribution in [2.75, 3.05) is 0 Å². The highest BCUT2D eigenvalue weighted by molar-refractivity contribution is 5.97. The van der Waals surface area contributed by atoms with E-state index in [0.29, 0.717) is 0 Å². The predicted octanol–water partition coefficient (Wildman–Crippen LogP) is 3.51. The van der Waals surface area contributed by atoms with Crippen LogP contribution in [0.4, 0.5) is 10.1 Å². The van der Waals surface area contributed by atoms with Crippen molar-refractivity contribution in [2.45, 2.75) is 6.67 Å². The van der Waals surface area contributed by atoms with E-state index in [0.717, 1.165) is 28.8 Å². The lowest BCUT2D eigenvalue weighted by atomic mass is 10.1. The van der Waals surface area contributed by atoms with Gasteiger partial charge in [0.1, 0.15) is 5.82 Å². The Morgan fingerprint density at radius 1 is 1.05 bits per heavy atom. The SMILES string of the molecule is Fc1cc2c3c(ccn3C[N+](c3ccccc3)=C2)c1. The fourth-order valence-corrected chi connectivity index (χ4v) is 2.71. The van der Waals surface area contributed by atoms with Gasteiger partial charge in [-0.15, -0.1) is 0 Å². The Kier molecular flexibility index (Phi) is 2.09. The molecule has 0 aliphatic carbocycles. The van der Waals surface area contributed by atoms with Gasteiger partial charge in [-0.3, -0.25) is 4.57 Å². The first-order valence-corrected chi connectivity index (χ1v) is 6.26. The molecule has 0 spiro atoms. The van der Waals surface area contributed by atoms with Crippen LogP contribution in [0.1, 0.15) is 5.56 Å². The summed E-state index contributed by atoms with van der Waals surface area (Å²) in [4.78, 5) is 0. The molecule has 92 valence electrons. The van der Waals surface area contributed by atoms with Gasteiger partial charge in [0, 0.05) is 23.7 Å². The van der Waals surface area contributed by atoms with Crippen molar-refractivity contribution < 1.29 is 8.97 Å². The van der Waals surface area contributed by atoms with Gasteiger partial charge in [0.05, 0.1) is 11.1 Å². The number of hydrogen-bond acceptors (Lipinski definition) is 0. The van der Waals surface area contributed by atoms with Gasteiger partial charge in [-0.2, -0.15) is 4.58 Å². The standard InChI is InChI=1S/C16H12FN2/c17-14-8-12-6-7-18-11-19(10-13(9-14)16(12)18)15-4-2-1-3-5-15/h1-10H,11H2/q+1. The molecule has 0 unspecified atom stereocenters. The average molecular weight is 251 g/mol. The molecular weight excluding hydrogens is 239 g/mol. The molecule has 0 bridgehead atoms. The molecule has 0 atom stereocenters. The van der Waals surface area contributed by atoms with Gasteiger partial charge in [0.25, 0.3) is 0 Å². The molecule has 19 heavy (non-hydrogen) atoms. The van der Waals surface area contributed by atoms with E-state index < -0.39 is 0 Å². The summed E-state index contributed by atoms with van der Waals surface area (Å²) in [7, 11) is 0. The number of hydrogen-bond donors (Lipinski definition) is 0. The molecule has 0 fully saturated rings. The monoisotopic (exact) mass is 251 g/mol. The second-order valence-corrected chi connectivity index (χ2v) is 4.79. The largest absolute Gasteiger partial charge is 0.291 e. The first-order valence-electron chi connectivity index (χ1n) is 6.26. The first-order chi connectivity index (χ1) is 9.31. The molecule has 0 saturated carbocycles. The Hall–Kier alpha value is -2.42. The lowest BCUT2D eigenvalue weighted by Gasteiger charge is -2.12. The summed E-state index contributed by atoms with van der Waals surface area (Å²) in [5.41, 5.74) is 3.14. The van der Waals surface area contributed by atoms with Gasteiger partial charge in [0.2, 0.25) is 12.4 Å². The van der Waals surface area contributed by atoms with Crippen LogP contribution in [0.15, 0.2) is 54.7 Å². The molecule has 2 heterocycles. The Morgan fingerprint density at radius 2 is 1.89 bits per heavy atom. The third-order valence-corrected chi connectivity index (χ3v) is 3.54. The molecule has 1 aromatic heterocycles. The van der Waals surface area contributed by atoms with Crippen LogP contribution < -0.4 is 0 Å². The van der Waals surface area contributed by atoms with E-state index in [9.17, 15) is 4.39 Å². The number of rotatable bonds is 1. The van der Waals surface area contributed by atoms with Gasteiger partial charge in [0.15, 0.2) is 6.21 Å². The molecule has 2 nitrogen and oxygen atoms in total. The molecule has 0 N–H and O–H groups in total. The summed E-state index contributed by atoms with van der Waals surface area (Å²) in [5, 5.41) is 0.957. The van der Waals surface area contributed by atoms with E-state index in [4.69, 9.17) is 0 Å². The number of nitrogens with zero attached hydrogens (tertiary/aromatic N) is 2. The van der Waals surface area contributed by atoms with Crippen molar-refractivity contribution in [3.63, 3.8) is 0 Å². The maximum atomic E-state index is 13.6. The highest BCUT2D eigenvalue weighted by Gasteiger charge is 2.20. The van der Waals surface area contributed by atoms with Crippen molar-refractivity contribution in [3.8, 4) is 0 Å². The zero-order valence-electron chi connectivity index (χ0n) is 10.3. The number of benzene rings is 2. The summed E-state index contributed by atoms with van der Waals surface area (Å²) in [6, 6.07) is 15.3. The van der Waals surface area contributed by atoms with Gasteiger partial charge in [-0.1, -0.05) is 18.2 Å². The lowest BCUT2D eigenvalue weighted by molar-refractivity contribution is -0.471. The minimum absolute atomic E-state index is 0.189. The van der Waals surface area contributed by atoms with E-state index in [1.165, 1.54) is 0 Å². The second-order valence-electron chi connectivity index (χ2n) is 4.79. The molecule has 1 aliphatic rings. The minimum Gasteiger partial charge on any atom is -0.291 e. The summed E-state index contributed by atoms with van der Waals surface area (Å²) in [6.07, 6.45) is 4.03. The van der Waals surface area contributed by atoms with Gasteiger partial charge < -0.3 is 0 Å². The quantitative estimate of drug-likeness (QED) is 0.585. The van der Waals surface area contributed by atoms with Gasteiger partial charge in [-0.25, -0.2) is 4.39 Å². The van der Waals surface area contributed by atoms with Gasteiger partial charge >= 0.3 is 0 Å². The van der Waals surface area contributed by atoms with E-state index in [1.807, 2.05) is 36.7 Å². The molecule has 0 radical (unpaired) electrons. The van der Waals surface area contributed by atoms with E-state index in [1.54, 1.807) is 12.1 Å². The van der Waals surface area contributed by atoms with Crippen LogP contribution in [0.25, 0.3) is 10.9 Å². The Morgan fingerprint density at radius 3 is 2.74 bits per heavy atom. The minimum atomic E-state index is -0.189. The molecule has 0 saturated heterocycles.